The van der Waals surface area contributed by atoms with E-state index in [1.807, 2.05) is 44.2 Å². The molecule has 0 unspecified atom stereocenters. The largest absolute Gasteiger partial charge is 0.322 e. The maximum atomic E-state index is 14.4. The summed E-state index contributed by atoms with van der Waals surface area (Å²) < 4.78 is 42.2. The van der Waals surface area contributed by atoms with Gasteiger partial charge in [0, 0.05) is 18.8 Å². The Morgan fingerprint density at radius 3 is 2.45 bits per heavy atom. The van der Waals surface area contributed by atoms with E-state index in [1.165, 1.54) is 10.4 Å². The lowest BCUT2D eigenvalue weighted by Crippen LogP contribution is -2.36. The predicted molar refractivity (Wildman–Crippen MR) is 118 cm³/mol. The molecule has 0 saturated heterocycles. The van der Waals surface area contributed by atoms with Crippen molar-refractivity contribution in [3.8, 4) is 0 Å². The minimum Gasteiger partial charge on any atom is -0.322 e. The fourth-order valence-electron chi connectivity index (χ4n) is 3.68. The molecule has 3 aromatic carbocycles. The lowest BCUT2D eigenvalue weighted by Gasteiger charge is -2.28. The van der Waals surface area contributed by atoms with E-state index in [0.717, 1.165) is 34.4 Å². The van der Waals surface area contributed by atoms with Crippen molar-refractivity contribution < 1.29 is 17.6 Å². The number of benzene rings is 3. The van der Waals surface area contributed by atoms with Gasteiger partial charge in [0.15, 0.2) is 0 Å². The molecule has 0 aromatic heterocycles. The molecular weight excluding hydrogens is 415 g/mol. The molecule has 1 heterocycles. The number of sulfonamides is 1. The molecule has 0 bridgehead atoms. The number of halogens is 1. The van der Waals surface area contributed by atoms with Gasteiger partial charge in [-0.1, -0.05) is 30.3 Å². The first kappa shape index (κ1) is 21.2. The molecule has 5 nitrogen and oxygen atoms in total. The van der Waals surface area contributed by atoms with Crippen LogP contribution in [0.1, 0.15) is 32.6 Å². The number of nitrogens with zero attached hydrogens (tertiary/aromatic N) is 1. The standard InChI is InChI=1S/C24H23FN2O3S/c1-16-7-8-20(13-17(16)2)26-24(28)22-14-21(9-10-23(22)25)31(29,30)27-12-11-18-5-3-4-6-19(18)15-27/h3-10,13-14H,11-12,15H2,1-2H3,(H,26,28). The van der Waals surface area contributed by atoms with E-state index in [1.54, 1.807) is 12.1 Å². The van der Waals surface area contributed by atoms with Gasteiger partial charge in [-0.2, -0.15) is 4.31 Å². The van der Waals surface area contributed by atoms with Crippen LogP contribution in [0, 0.1) is 19.7 Å². The third-order valence-corrected chi connectivity index (χ3v) is 7.52. The topological polar surface area (TPSA) is 66.5 Å². The normalized spacial score (nSPS) is 14.2. The van der Waals surface area contributed by atoms with Gasteiger partial charge in [0.1, 0.15) is 5.82 Å². The number of hydrogen-bond donors (Lipinski definition) is 1. The van der Waals surface area contributed by atoms with Gasteiger partial charge < -0.3 is 5.32 Å². The van der Waals surface area contributed by atoms with Crippen LogP contribution in [0.5, 0.6) is 0 Å². The lowest BCUT2D eigenvalue weighted by molar-refractivity contribution is 0.102. The summed E-state index contributed by atoms with van der Waals surface area (Å²) in [4.78, 5) is 12.6. The summed E-state index contributed by atoms with van der Waals surface area (Å²) >= 11 is 0. The van der Waals surface area contributed by atoms with E-state index < -0.39 is 21.7 Å². The average molecular weight is 439 g/mol. The van der Waals surface area contributed by atoms with Gasteiger partial charge in [0.25, 0.3) is 5.91 Å². The van der Waals surface area contributed by atoms with Gasteiger partial charge in [0.05, 0.1) is 10.5 Å². The Balaban J connectivity index is 1.61. The highest BCUT2D eigenvalue weighted by molar-refractivity contribution is 7.89. The molecule has 0 radical (unpaired) electrons. The fourth-order valence-corrected chi connectivity index (χ4v) is 5.13. The summed E-state index contributed by atoms with van der Waals surface area (Å²) in [5, 5.41) is 2.65. The van der Waals surface area contributed by atoms with Gasteiger partial charge in [0.2, 0.25) is 10.0 Å². The Morgan fingerprint density at radius 2 is 1.71 bits per heavy atom. The first-order chi connectivity index (χ1) is 14.8. The van der Waals surface area contributed by atoms with Crippen molar-refractivity contribution in [3.05, 3.63) is 94.3 Å². The molecule has 0 fully saturated rings. The Labute approximate surface area is 181 Å². The summed E-state index contributed by atoms with van der Waals surface area (Å²) in [6.45, 7) is 4.45. The Morgan fingerprint density at radius 1 is 0.968 bits per heavy atom. The number of carbonyl (C=O) groups is 1. The Hall–Kier alpha value is -3.03. The highest BCUT2D eigenvalue weighted by Gasteiger charge is 2.29. The lowest BCUT2D eigenvalue weighted by atomic mass is 10.0. The first-order valence-electron chi connectivity index (χ1n) is 10.0. The zero-order valence-corrected chi connectivity index (χ0v) is 18.2. The zero-order chi connectivity index (χ0) is 22.2. The van der Waals surface area contributed by atoms with E-state index in [4.69, 9.17) is 0 Å². The number of anilines is 1. The van der Waals surface area contributed by atoms with Crippen LogP contribution in [-0.2, 0) is 23.0 Å². The van der Waals surface area contributed by atoms with Crippen molar-refractivity contribution in [1.82, 2.24) is 4.31 Å². The molecule has 0 atom stereocenters. The summed E-state index contributed by atoms with van der Waals surface area (Å²) in [5.74, 6) is -1.47. The van der Waals surface area contributed by atoms with E-state index in [-0.39, 0.29) is 17.0 Å². The quantitative estimate of drug-likeness (QED) is 0.655. The minimum atomic E-state index is -3.88. The summed E-state index contributed by atoms with van der Waals surface area (Å²) in [7, 11) is -3.88. The highest BCUT2D eigenvalue weighted by atomic mass is 32.2. The number of hydrogen-bond acceptors (Lipinski definition) is 3. The van der Waals surface area contributed by atoms with Crippen LogP contribution in [-0.4, -0.2) is 25.2 Å². The number of amides is 1. The molecule has 1 aliphatic heterocycles. The van der Waals surface area contributed by atoms with Crippen LogP contribution in [0.4, 0.5) is 10.1 Å². The van der Waals surface area contributed by atoms with Crippen molar-refractivity contribution in [2.45, 2.75) is 31.7 Å². The van der Waals surface area contributed by atoms with Crippen LogP contribution in [0.25, 0.3) is 0 Å². The first-order valence-corrected chi connectivity index (χ1v) is 11.4. The van der Waals surface area contributed by atoms with Gasteiger partial charge in [-0.15, -0.1) is 0 Å². The minimum absolute atomic E-state index is 0.0986. The smallest absolute Gasteiger partial charge is 0.258 e. The number of rotatable bonds is 4. The van der Waals surface area contributed by atoms with E-state index >= 15 is 0 Å². The summed E-state index contributed by atoms with van der Waals surface area (Å²) in [5.41, 5.74) is 4.35. The maximum absolute atomic E-state index is 14.4. The van der Waals surface area contributed by atoms with Crippen LogP contribution in [0.2, 0.25) is 0 Å². The molecule has 1 N–H and O–H groups in total. The second-order valence-electron chi connectivity index (χ2n) is 7.75. The third-order valence-electron chi connectivity index (χ3n) is 5.68. The highest BCUT2D eigenvalue weighted by Crippen LogP contribution is 2.26. The van der Waals surface area contributed by atoms with Crippen molar-refractivity contribution in [2.75, 3.05) is 11.9 Å². The Kier molecular flexibility index (Phi) is 5.64. The predicted octanol–water partition coefficient (Wildman–Crippen LogP) is 4.44. The van der Waals surface area contributed by atoms with E-state index in [9.17, 15) is 17.6 Å². The van der Waals surface area contributed by atoms with Gasteiger partial charge in [-0.3, -0.25) is 4.79 Å². The van der Waals surface area contributed by atoms with Crippen molar-refractivity contribution in [3.63, 3.8) is 0 Å². The van der Waals surface area contributed by atoms with E-state index in [2.05, 4.69) is 5.32 Å². The number of carbonyl (C=O) groups excluding carboxylic acids is 1. The van der Waals surface area contributed by atoms with Crippen molar-refractivity contribution in [1.29, 1.82) is 0 Å². The molecular formula is C24H23FN2O3S. The number of nitrogens with one attached hydrogen (secondary N) is 1. The van der Waals surface area contributed by atoms with Crippen LogP contribution >= 0.6 is 0 Å². The second kappa shape index (κ2) is 8.24. The van der Waals surface area contributed by atoms with E-state index in [0.29, 0.717) is 18.7 Å². The van der Waals surface area contributed by atoms with Gasteiger partial charge in [-0.05, 0) is 72.9 Å². The molecule has 31 heavy (non-hydrogen) atoms. The molecule has 160 valence electrons. The fraction of sp³-hybridized carbons (Fsp3) is 0.208. The molecule has 1 aliphatic rings. The molecule has 1 amide bonds. The molecule has 4 rings (SSSR count). The zero-order valence-electron chi connectivity index (χ0n) is 17.4. The van der Waals surface area contributed by atoms with Crippen molar-refractivity contribution in [2.24, 2.45) is 0 Å². The van der Waals surface area contributed by atoms with Crippen LogP contribution in [0.15, 0.2) is 65.6 Å². The van der Waals surface area contributed by atoms with Crippen LogP contribution in [0.3, 0.4) is 0 Å². The molecule has 0 aliphatic carbocycles. The average Bonchev–Trinajstić information content (AvgIpc) is 2.76. The molecule has 0 saturated carbocycles. The van der Waals surface area contributed by atoms with Gasteiger partial charge in [-0.25, -0.2) is 12.8 Å². The number of fused-ring (bicyclic) bond motifs is 1. The molecule has 7 heteroatoms. The monoisotopic (exact) mass is 438 g/mol. The Bertz CT molecular complexity index is 1270. The van der Waals surface area contributed by atoms with Crippen LogP contribution < -0.4 is 5.32 Å². The summed E-state index contributed by atoms with van der Waals surface area (Å²) in [6, 6.07) is 16.4. The second-order valence-corrected chi connectivity index (χ2v) is 9.69. The van der Waals surface area contributed by atoms with Crippen molar-refractivity contribution >= 4 is 21.6 Å². The molecule has 3 aromatic rings. The third kappa shape index (κ3) is 4.24. The summed E-state index contributed by atoms with van der Waals surface area (Å²) in [6.07, 6.45) is 0.608. The maximum Gasteiger partial charge on any atom is 0.258 e. The number of aryl methyl sites for hydroxylation is 2. The molecule has 0 spiro atoms. The van der Waals surface area contributed by atoms with Gasteiger partial charge >= 0.3 is 0 Å². The SMILES string of the molecule is Cc1ccc(NC(=O)c2cc(S(=O)(=O)N3CCc4ccccc4C3)ccc2F)cc1C.